The number of hydrogen-bond donors (Lipinski definition) is 9. The van der Waals surface area contributed by atoms with E-state index in [4.69, 9.17) is 18.9 Å². The lowest BCUT2D eigenvalue weighted by molar-refractivity contribution is -0.349. The monoisotopic (exact) mass is 594 g/mol. The minimum Gasteiger partial charge on any atom is -0.508 e. The van der Waals surface area contributed by atoms with E-state index in [1.807, 2.05) is 0 Å². The third kappa shape index (κ3) is 6.52. The number of carbonyl (C=O) groups excluding carboxylic acids is 1. The Balaban J connectivity index is 1.56. The van der Waals surface area contributed by atoms with Crippen molar-refractivity contribution in [2.24, 2.45) is 0 Å². The van der Waals surface area contributed by atoms with E-state index in [0.717, 1.165) is 12.1 Å². The number of aryl methyl sites for hydroxylation is 1. The molecule has 0 bridgehead atoms. The van der Waals surface area contributed by atoms with E-state index in [0.29, 0.717) is 0 Å². The van der Waals surface area contributed by atoms with Crippen molar-refractivity contribution in [1.82, 2.24) is 0 Å². The highest BCUT2D eigenvalue weighted by Gasteiger charge is 2.50. The van der Waals surface area contributed by atoms with Crippen molar-refractivity contribution in [3.05, 3.63) is 59.2 Å². The van der Waals surface area contributed by atoms with Crippen LogP contribution in [-0.2, 0) is 14.2 Å². The van der Waals surface area contributed by atoms with Gasteiger partial charge in [0.1, 0.15) is 65.7 Å². The largest absolute Gasteiger partial charge is 0.508 e. The fraction of sp³-hybridized carbons (Fsp3) is 0.464. The maximum atomic E-state index is 13.2. The zero-order valence-electron chi connectivity index (χ0n) is 22.6. The minimum absolute atomic E-state index is 0.0432. The van der Waals surface area contributed by atoms with Crippen LogP contribution in [0.1, 0.15) is 28.4 Å². The average Bonchev–Trinajstić information content (AvgIpc) is 2.94. The molecule has 10 unspecified atom stereocenters. The lowest BCUT2D eigenvalue weighted by Gasteiger charge is -2.45. The number of aliphatic hydroxyl groups is 7. The first-order chi connectivity index (χ1) is 19.8. The fourth-order valence-electron chi connectivity index (χ4n) is 4.78. The van der Waals surface area contributed by atoms with Gasteiger partial charge in [0, 0.05) is 17.7 Å². The molecule has 0 radical (unpaired) electrons. The van der Waals surface area contributed by atoms with Crippen LogP contribution in [0.3, 0.4) is 0 Å². The Morgan fingerprint density at radius 1 is 0.881 bits per heavy atom. The third-order valence-electron chi connectivity index (χ3n) is 7.12. The van der Waals surface area contributed by atoms with Gasteiger partial charge in [-0.05, 0) is 49.7 Å². The van der Waals surface area contributed by atoms with Crippen molar-refractivity contribution in [2.45, 2.75) is 75.3 Å². The van der Waals surface area contributed by atoms with Crippen molar-refractivity contribution in [1.29, 1.82) is 0 Å². The maximum absolute atomic E-state index is 13.2. The molecule has 2 aliphatic heterocycles. The van der Waals surface area contributed by atoms with E-state index in [9.17, 15) is 50.8 Å². The molecule has 0 saturated carbocycles. The second-order valence-corrected chi connectivity index (χ2v) is 10.2. The second kappa shape index (κ2) is 12.9. The Bertz CT molecular complexity index is 1280. The number of ether oxygens (including phenoxy) is 4. The number of aliphatic hydroxyl groups excluding tert-OH is 7. The smallest absolute Gasteiger partial charge is 0.229 e. The van der Waals surface area contributed by atoms with E-state index >= 15 is 0 Å². The Kier molecular flexibility index (Phi) is 9.72. The van der Waals surface area contributed by atoms with Crippen molar-refractivity contribution in [3.8, 4) is 17.2 Å². The van der Waals surface area contributed by atoms with Crippen LogP contribution in [-0.4, -0.2) is 120 Å². The van der Waals surface area contributed by atoms with Gasteiger partial charge in [-0.2, -0.15) is 0 Å². The zero-order chi connectivity index (χ0) is 30.9. The number of phenols is 2. The highest BCUT2D eigenvalue weighted by atomic mass is 16.7. The van der Waals surface area contributed by atoms with Crippen LogP contribution in [0.4, 0.5) is 0 Å². The molecule has 2 aliphatic rings. The first-order valence-electron chi connectivity index (χ1n) is 13.0. The zero-order valence-corrected chi connectivity index (χ0v) is 22.6. The number of ketones is 1. The topological polar surface area (TPSA) is 236 Å². The molecule has 9 N–H and O–H groups in total. The summed E-state index contributed by atoms with van der Waals surface area (Å²) < 4.78 is 22.3. The molecule has 230 valence electrons. The van der Waals surface area contributed by atoms with E-state index in [1.165, 1.54) is 44.2 Å². The van der Waals surface area contributed by atoms with Gasteiger partial charge in [-0.25, -0.2) is 0 Å². The molecule has 0 aromatic heterocycles. The number of benzene rings is 2. The quantitative estimate of drug-likeness (QED) is 0.104. The molecule has 14 nitrogen and oxygen atoms in total. The molecular weight excluding hydrogens is 560 g/mol. The molecule has 2 aromatic rings. The Morgan fingerprint density at radius 2 is 1.52 bits per heavy atom. The predicted octanol–water partition coefficient (Wildman–Crippen LogP) is -0.781. The highest BCUT2D eigenvalue weighted by molar-refractivity contribution is 6.10. The van der Waals surface area contributed by atoms with Gasteiger partial charge < -0.3 is 64.9 Å². The summed E-state index contributed by atoms with van der Waals surface area (Å²) in [6.07, 6.45) is -14.7. The van der Waals surface area contributed by atoms with Gasteiger partial charge in [0.15, 0.2) is 12.1 Å². The number of hydrogen-bond acceptors (Lipinski definition) is 14. The second-order valence-electron chi connectivity index (χ2n) is 10.2. The van der Waals surface area contributed by atoms with Crippen LogP contribution >= 0.6 is 0 Å². The lowest BCUT2D eigenvalue weighted by atomic mass is 9.97. The number of aromatic hydroxyl groups is 2. The molecule has 2 heterocycles. The van der Waals surface area contributed by atoms with Crippen LogP contribution in [0.15, 0.2) is 42.5 Å². The minimum atomic E-state index is -1.86. The van der Waals surface area contributed by atoms with Crippen molar-refractivity contribution >= 4 is 11.5 Å². The predicted molar refractivity (Wildman–Crippen MR) is 142 cm³/mol. The van der Waals surface area contributed by atoms with E-state index in [2.05, 4.69) is 0 Å². The van der Waals surface area contributed by atoms with E-state index in [1.54, 1.807) is 0 Å². The summed E-state index contributed by atoms with van der Waals surface area (Å²) in [7, 11) is 0. The standard InChI is InChI=1S/C28H34O14/c1-11-7-15(31)8-18(20(11)17(33)9-16(32)13-3-5-14(30)6-4-13)40-28-25(38)23(36)26(19(10-29)41-28)42-27-24(37)22(35)21(34)12(2)39-27/h3-9,12,19,21-32,34-38H,10H2,1-2H3/b16-9-. The summed E-state index contributed by atoms with van der Waals surface area (Å²) in [6.45, 7) is 2.13. The molecule has 0 spiro atoms. The lowest BCUT2D eigenvalue weighted by Crippen LogP contribution is -2.64. The molecule has 2 fully saturated rings. The number of carbonyl (C=O) groups is 1. The van der Waals surface area contributed by atoms with Crippen LogP contribution in [0.2, 0.25) is 0 Å². The molecule has 0 amide bonds. The number of allylic oxidation sites excluding steroid dienone is 1. The van der Waals surface area contributed by atoms with Crippen LogP contribution in [0.5, 0.6) is 17.2 Å². The van der Waals surface area contributed by atoms with Gasteiger partial charge in [0.05, 0.1) is 18.3 Å². The Morgan fingerprint density at radius 3 is 2.17 bits per heavy atom. The normalized spacial score (nSPS) is 33.8. The highest BCUT2D eigenvalue weighted by Crippen LogP contribution is 2.34. The van der Waals surface area contributed by atoms with Gasteiger partial charge in [0.25, 0.3) is 0 Å². The third-order valence-corrected chi connectivity index (χ3v) is 7.12. The van der Waals surface area contributed by atoms with Crippen molar-refractivity contribution < 1.29 is 69.7 Å². The van der Waals surface area contributed by atoms with Crippen molar-refractivity contribution in [2.75, 3.05) is 6.61 Å². The molecule has 0 aliphatic carbocycles. The van der Waals surface area contributed by atoms with Gasteiger partial charge in [0.2, 0.25) is 6.29 Å². The summed E-state index contributed by atoms with van der Waals surface area (Å²) in [6, 6.07) is 7.74. The van der Waals surface area contributed by atoms with Crippen LogP contribution < -0.4 is 4.74 Å². The molecule has 2 saturated heterocycles. The summed E-state index contributed by atoms with van der Waals surface area (Å²) in [4.78, 5) is 13.2. The van der Waals surface area contributed by atoms with Crippen LogP contribution in [0, 0.1) is 6.92 Å². The number of rotatable bonds is 8. The van der Waals surface area contributed by atoms with Crippen LogP contribution in [0.25, 0.3) is 5.76 Å². The average molecular weight is 595 g/mol. The summed E-state index contributed by atoms with van der Waals surface area (Å²) >= 11 is 0. The molecule has 2 aromatic carbocycles. The molecule has 10 atom stereocenters. The molecule has 4 rings (SSSR count). The summed E-state index contributed by atoms with van der Waals surface area (Å²) in [5.74, 6) is -1.82. The SMILES string of the molecule is Cc1cc(O)cc(OC2OC(CO)C(OC3OC(C)C(O)C(O)C3O)C(O)C2O)c1C(=O)/C=C(\O)c1ccc(O)cc1. The van der Waals surface area contributed by atoms with E-state index < -0.39 is 79.6 Å². The summed E-state index contributed by atoms with van der Waals surface area (Å²) in [5, 5.41) is 92.0. The van der Waals surface area contributed by atoms with Crippen molar-refractivity contribution in [3.63, 3.8) is 0 Å². The first kappa shape index (κ1) is 31.6. The molecular formula is C28H34O14. The molecule has 14 heteroatoms. The molecule has 42 heavy (non-hydrogen) atoms. The van der Waals surface area contributed by atoms with Gasteiger partial charge in [-0.3, -0.25) is 4.79 Å². The Hall–Kier alpha value is -3.31. The Labute approximate surface area is 239 Å². The maximum Gasteiger partial charge on any atom is 0.229 e. The first-order valence-corrected chi connectivity index (χ1v) is 13.0. The van der Waals surface area contributed by atoms with E-state index in [-0.39, 0.29) is 33.9 Å². The van der Waals surface area contributed by atoms with Gasteiger partial charge in [-0.1, -0.05) is 0 Å². The van der Waals surface area contributed by atoms with Gasteiger partial charge in [-0.15, -0.1) is 0 Å². The number of phenolic OH excluding ortho intramolecular Hbond substituents is 2. The summed E-state index contributed by atoms with van der Waals surface area (Å²) in [5.41, 5.74) is 0.339. The van der Waals surface area contributed by atoms with Gasteiger partial charge >= 0.3 is 0 Å². The fourth-order valence-corrected chi connectivity index (χ4v) is 4.78.